The number of benzene rings is 2. The second-order valence-corrected chi connectivity index (χ2v) is 9.13. The van der Waals surface area contributed by atoms with Crippen molar-refractivity contribution in [1.82, 2.24) is 15.1 Å². The van der Waals surface area contributed by atoms with Gasteiger partial charge in [-0.1, -0.05) is 24.3 Å². The molecular weight excluding hydrogens is 442 g/mol. The molecular formula is C27H29N5O3. The van der Waals surface area contributed by atoms with Crippen molar-refractivity contribution in [2.45, 2.75) is 20.3 Å². The lowest BCUT2D eigenvalue weighted by Crippen LogP contribution is -2.51. The van der Waals surface area contributed by atoms with Crippen molar-refractivity contribution in [2.24, 2.45) is 5.92 Å². The number of ether oxygens (including phenoxy) is 1. The Balaban J connectivity index is 1.15. The standard InChI is InChI=1S/C27H29N5O3/c1-19-8-9-22(16-20(19)2)32-18-21(17-26(32)33)27(34)31-14-12-30(13-15-31)24-10-11-25(29-28-24)35-23-6-4-3-5-7-23/h3-11,16,21H,12-15,17-18H2,1-2H3. The highest BCUT2D eigenvalue weighted by Crippen LogP contribution is 2.28. The summed E-state index contributed by atoms with van der Waals surface area (Å²) in [6.07, 6.45) is 0.264. The number of piperazine rings is 1. The highest BCUT2D eigenvalue weighted by molar-refractivity contribution is 6.00. The lowest BCUT2D eigenvalue weighted by molar-refractivity contribution is -0.136. The SMILES string of the molecule is Cc1ccc(N2CC(C(=O)N3CCN(c4ccc(Oc5ccccc5)nn4)CC3)CC2=O)cc1C. The summed E-state index contributed by atoms with van der Waals surface area (Å²) in [6.45, 7) is 7.05. The van der Waals surface area contributed by atoms with Gasteiger partial charge in [0.05, 0.1) is 5.92 Å². The summed E-state index contributed by atoms with van der Waals surface area (Å²) >= 11 is 0. The lowest BCUT2D eigenvalue weighted by atomic mass is 10.1. The molecule has 1 unspecified atom stereocenters. The first-order valence-corrected chi connectivity index (χ1v) is 12.0. The summed E-state index contributed by atoms with van der Waals surface area (Å²) in [6, 6.07) is 19.2. The van der Waals surface area contributed by atoms with Gasteiger partial charge in [-0.25, -0.2) is 0 Å². The molecule has 3 aromatic rings. The quantitative estimate of drug-likeness (QED) is 0.566. The Kier molecular flexibility index (Phi) is 6.35. The highest BCUT2D eigenvalue weighted by atomic mass is 16.5. The van der Waals surface area contributed by atoms with E-state index in [4.69, 9.17) is 4.74 Å². The maximum Gasteiger partial charge on any atom is 0.238 e. The number of hydrogen-bond acceptors (Lipinski definition) is 6. The van der Waals surface area contributed by atoms with Crippen LogP contribution in [0.5, 0.6) is 11.6 Å². The molecule has 1 aromatic heterocycles. The Morgan fingerprint density at radius 1 is 0.914 bits per heavy atom. The average Bonchev–Trinajstić information content (AvgIpc) is 3.28. The topological polar surface area (TPSA) is 78.9 Å². The molecule has 2 aliphatic heterocycles. The predicted molar refractivity (Wildman–Crippen MR) is 134 cm³/mol. The zero-order chi connectivity index (χ0) is 24.4. The molecule has 8 nitrogen and oxygen atoms in total. The molecule has 2 aliphatic rings. The van der Waals surface area contributed by atoms with Crippen LogP contribution in [0.4, 0.5) is 11.5 Å². The molecule has 8 heteroatoms. The van der Waals surface area contributed by atoms with Crippen LogP contribution in [0.25, 0.3) is 0 Å². The predicted octanol–water partition coefficient (Wildman–Crippen LogP) is 3.59. The molecule has 0 N–H and O–H groups in total. The van der Waals surface area contributed by atoms with Crippen molar-refractivity contribution < 1.29 is 14.3 Å². The van der Waals surface area contributed by atoms with Gasteiger partial charge in [0.2, 0.25) is 17.7 Å². The second-order valence-electron chi connectivity index (χ2n) is 9.13. The molecule has 35 heavy (non-hydrogen) atoms. The number of amides is 2. The Labute approximate surface area is 205 Å². The van der Waals surface area contributed by atoms with Gasteiger partial charge in [0, 0.05) is 50.9 Å². The molecule has 0 saturated carbocycles. The fourth-order valence-electron chi connectivity index (χ4n) is 4.58. The zero-order valence-electron chi connectivity index (χ0n) is 20.1. The van der Waals surface area contributed by atoms with Crippen LogP contribution in [0.2, 0.25) is 0 Å². The van der Waals surface area contributed by atoms with Crippen molar-refractivity contribution in [3.05, 3.63) is 71.8 Å². The summed E-state index contributed by atoms with van der Waals surface area (Å²) in [5.74, 6) is 1.68. The first-order valence-electron chi connectivity index (χ1n) is 12.0. The summed E-state index contributed by atoms with van der Waals surface area (Å²) < 4.78 is 5.71. The molecule has 3 heterocycles. The highest BCUT2D eigenvalue weighted by Gasteiger charge is 2.38. The number of carbonyl (C=O) groups excluding carboxylic acids is 2. The molecule has 0 bridgehead atoms. The molecule has 0 aliphatic carbocycles. The fraction of sp³-hybridized carbons (Fsp3) is 0.333. The fourth-order valence-corrected chi connectivity index (χ4v) is 4.58. The van der Waals surface area contributed by atoms with E-state index in [1.807, 2.05) is 66.4 Å². The van der Waals surface area contributed by atoms with Gasteiger partial charge in [-0.2, -0.15) is 0 Å². The van der Waals surface area contributed by atoms with Crippen molar-refractivity contribution in [1.29, 1.82) is 0 Å². The number of rotatable bonds is 5. The molecule has 2 aromatic carbocycles. The Morgan fingerprint density at radius 3 is 2.37 bits per heavy atom. The number of aryl methyl sites for hydroxylation is 2. The van der Waals surface area contributed by atoms with Gasteiger partial charge in [-0.3, -0.25) is 9.59 Å². The van der Waals surface area contributed by atoms with Crippen LogP contribution >= 0.6 is 0 Å². The minimum Gasteiger partial charge on any atom is -0.438 e. The summed E-state index contributed by atoms with van der Waals surface area (Å²) in [4.78, 5) is 31.6. The van der Waals surface area contributed by atoms with E-state index >= 15 is 0 Å². The molecule has 2 fully saturated rings. The van der Waals surface area contributed by atoms with Crippen LogP contribution in [-0.2, 0) is 9.59 Å². The molecule has 180 valence electrons. The van der Waals surface area contributed by atoms with Crippen LogP contribution in [0.3, 0.4) is 0 Å². The van der Waals surface area contributed by atoms with E-state index in [1.54, 1.807) is 11.0 Å². The van der Waals surface area contributed by atoms with Crippen LogP contribution in [0, 0.1) is 19.8 Å². The third-order valence-corrected chi connectivity index (χ3v) is 6.78. The Hall–Kier alpha value is -3.94. The maximum atomic E-state index is 13.2. The third kappa shape index (κ3) is 4.96. The molecule has 1 atom stereocenters. The van der Waals surface area contributed by atoms with Gasteiger partial charge in [-0.15, -0.1) is 10.2 Å². The number of para-hydroxylation sites is 1. The van der Waals surface area contributed by atoms with Gasteiger partial charge in [0.25, 0.3) is 0 Å². The first-order chi connectivity index (χ1) is 17.0. The minimum absolute atomic E-state index is 0.0123. The van der Waals surface area contributed by atoms with E-state index in [0.717, 1.165) is 17.1 Å². The van der Waals surface area contributed by atoms with Crippen molar-refractivity contribution in [2.75, 3.05) is 42.5 Å². The van der Waals surface area contributed by atoms with Crippen molar-refractivity contribution in [3.63, 3.8) is 0 Å². The van der Waals surface area contributed by atoms with Gasteiger partial charge >= 0.3 is 0 Å². The first kappa shape index (κ1) is 22.8. The molecule has 5 rings (SSSR count). The van der Waals surface area contributed by atoms with E-state index in [2.05, 4.69) is 22.0 Å². The smallest absolute Gasteiger partial charge is 0.238 e. The third-order valence-electron chi connectivity index (χ3n) is 6.78. The van der Waals surface area contributed by atoms with E-state index in [1.165, 1.54) is 5.56 Å². The average molecular weight is 472 g/mol. The Morgan fingerprint density at radius 2 is 1.69 bits per heavy atom. The molecule has 2 saturated heterocycles. The van der Waals surface area contributed by atoms with Crippen LogP contribution in [0.15, 0.2) is 60.7 Å². The van der Waals surface area contributed by atoms with Gasteiger partial charge < -0.3 is 19.4 Å². The number of aromatic nitrogens is 2. The lowest BCUT2D eigenvalue weighted by Gasteiger charge is -2.36. The largest absolute Gasteiger partial charge is 0.438 e. The normalized spacial score (nSPS) is 18.2. The minimum atomic E-state index is -0.301. The van der Waals surface area contributed by atoms with Crippen molar-refractivity contribution in [3.8, 4) is 11.6 Å². The van der Waals surface area contributed by atoms with E-state index in [-0.39, 0.29) is 24.2 Å². The van der Waals surface area contributed by atoms with Crippen LogP contribution < -0.4 is 14.5 Å². The zero-order valence-corrected chi connectivity index (χ0v) is 20.1. The molecule has 0 spiro atoms. The van der Waals surface area contributed by atoms with E-state index in [9.17, 15) is 9.59 Å². The summed E-state index contributed by atoms with van der Waals surface area (Å²) in [5.41, 5.74) is 3.20. The number of nitrogens with zero attached hydrogens (tertiary/aromatic N) is 5. The van der Waals surface area contributed by atoms with Gasteiger partial charge in [-0.05, 0) is 55.3 Å². The van der Waals surface area contributed by atoms with Gasteiger partial charge in [0.15, 0.2) is 5.82 Å². The number of carbonyl (C=O) groups is 2. The number of anilines is 2. The van der Waals surface area contributed by atoms with E-state index in [0.29, 0.717) is 44.4 Å². The second kappa shape index (κ2) is 9.74. The summed E-state index contributed by atoms with van der Waals surface area (Å²) in [7, 11) is 0. The van der Waals surface area contributed by atoms with Crippen LogP contribution in [-0.4, -0.2) is 59.6 Å². The monoisotopic (exact) mass is 471 g/mol. The summed E-state index contributed by atoms with van der Waals surface area (Å²) in [5, 5.41) is 8.49. The number of hydrogen-bond donors (Lipinski definition) is 0. The maximum absolute atomic E-state index is 13.2. The molecule has 2 amide bonds. The van der Waals surface area contributed by atoms with Gasteiger partial charge in [0.1, 0.15) is 5.75 Å². The van der Waals surface area contributed by atoms with Crippen LogP contribution in [0.1, 0.15) is 17.5 Å². The molecule has 0 radical (unpaired) electrons. The Bertz CT molecular complexity index is 1210. The van der Waals surface area contributed by atoms with Crippen molar-refractivity contribution >= 4 is 23.3 Å². The van der Waals surface area contributed by atoms with E-state index < -0.39 is 0 Å².